The molecule has 0 unspecified atom stereocenters. The van der Waals surface area contributed by atoms with Gasteiger partial charge >= 0.3 is 6.09 Å². The molecule has 0 aliphatic carbocycles. The molecule has 0 saturated carbocycles. The summed E-state index contributed by atoms with van der Waals surface area (Å²) in [7, 11) is 0. The van der Waals surface area contributed by atoms with Crippen LogP contribution in [0.1, 0.15) is 32.8 Å². The average Bonchev–Trinajstić information content (AvgIpc) is 2.99. The van der Waals surface area contributed by atoms with Gasteiger partial charge < -0.3 is 20.3 Å². The van der Waals surface area contributed by atoms with E-state index in [1.807, 2.05) is 25.7 Å². The lowest BCUT2D eigenvalue weighted by Crippen LogP contribution is -2.60. The number of ether oxygens (including phenoxy) is 1. The molecule has 0 bridgehead atoms. The molecule has 2 aliphatic heterocycles. The zero-order valence-electron chi connectivity index (χ0n) is 16.0. The second-order valence-electron chi connectivity index (χ2n) is 8.39. The smallest absolute Gasteiger partial charge is 0.410 e. The number of amides is 1. The maximum Gasteiger partial charge on any atom is 0.410 e. The summed E-state index contributed by atoms with van der Waals surface area (Å²) in [5, 5.41) is 20.8. The first-order valence-electron chi connectivity index (χ1n) is 8.86. The Labute approximate surface area is 171 Å². The van der Waals surface area contributed by atoms with Gasteiger partial charge in [-0.3, -0.25) is 10.1 Å². The zero-order chi connectivity index (χ0) is 20.9. The maximum atomic E-state index is 12.2. The molecule has 10 heteroatoms. The molecule has 2 fully saturated rings. The minimum absolute atomic E-state index is 0.0565. The molecule has 3 rings (SSSR count). The van der Waals surface area contributed by atoms with Gasteiger partial charge in [0.05, 0.1) is 20.6 Å². The van der Waals surface area contributed by atoms with Crippen LogP contribution in [0, 0.1) is 26.9 Å². The van der Waals surface area contributed by atoms with Crippen molar-refractivity contribution in [1.29, 1.82) is 5.26 Å². The van der Waals surface area contributed by atoms with Crippen LogP contribution in [-0.4, -0.2) is 47.7 Å². The number of nitro benzene ring substituents is 1. The van der Waals surface area contributed by atoms with Crippen molar-refractivity contribution in [1.82, 2.24) is 4.90 Å². The fraction of sp³-hybridized carbons (Fsp3) is 0.556. The highest BCUT2D eigenvalue weighted by molar-refractivity contribution is 9.10. The Kier molecular flexibility index (Phi) is 4.91. The van der Waals surface area contributed by atoms with E-state index < -0.39 is 10.5 Å². The standard InChI is InChI=1S/C18H22BrN5O4/c1-17(2,3)28-16(25)23-9-18(10-23)4-5-22(8-18)12-6-13(24(26)27)15(21)14(19)11(12)7-20/h6H,4-5,8-10,21H2,1-3H3. The summed E-state index contributed by atoms with van der Waals surface area (Å²) in [5.74, 6) is 0. The number of nitrogens with two attached hydrogens (primary N) is 1. The number of hydrogen-bond donors (Lipinski definition) is 1. The van der Waals surface area contributed by atoms with Gasteiger partial charge in [-0.15, -0.1) is 0 Å². The van der Waals surface area contributed by atoms with Crippen molar-refractivity contribution in [2.45, 2.75) is 32.8 Å². The molecule has 1 aromatic rings. The highest BCUT2D eigenvalue weighted by Gasteiger charge is 2.50. The lowest BCUT2D eigenvalue weighted by molar-refractivity contribution is -0.383. The van der Waals surface area contributed by atoms with E-state index in [0.717, 1.165) is 6.42 Å². The number of nitriles is 1. The number of hydrogen-bond acceptors (Lipinski definition) is 7. The Bertz CT molecular complexity index is 883. The Balaban J connectivity index is 1.78. The van der Waals surface area contributed by atoms with Gasteiger partial charge in [0.15, 0.2) is 0 Å². The zero-order valence-corrected chi connectivity index (χ0v) is 17.6. The molecule has 1 amide bonds. The number of carbonyl (C=O) groups is 1. The number of nitrogens with zero attached hydrogens (tertiary/aromatic N) is 4. The second kappa shape index (κ2) is 6.81. The number of benzene rings is 1. The normalized spacial score (nSPS) is 18.0. The second-order valence-corrected chi connectivity index (χ2v) is 9.19. The summed E-state index contributed by atoms with van der Waals surface area (Å²) in [6.45, 7) is 7.86. The summed E-state index contributed by atoms with van der Waals surface area (Å²) < 4.78 is 5.64. The predicted octanol–water partition coefficient (Wildman–Crippen LogP) is 3.26. The minimum Gasteiger partial charge on any atom is -0.444 e. The van der Waals surface area contributed by atoms with Crippen LogP contribution in [0.15, 0.2) is 10.5 Å². The topological polar surface area (TPSA) is 126 Å². The number of likely N-dealkylation sites (tertiary alicyclic amines) is 1. The van der Waals surface area contributed by atoms with E-state index in [2.05, 4.69) is 22.0 Å². The summed E-state index contributed by atoms with van der Waals surface area (Å²) in [6.07, 6.45) is 0.493. The van der Waals surface area contributed by atoms with E-state index in [4.69, 9.17) is 10.5 Å². The Morgan fingerprint density at radius 2 is 2.07 bits per heavy atom. The average molecular weight is 452 g/mol. The van der Waals surface area contributed by atoms with Gasteiger partial charge in [-0.05, 0) is 43.1 Å². The lowest BCUT2D eigenvalue weighted by atomic mass is 9.79. The van der Waals surface area contributed by atoms with Crippen LogP contribution >= 0.6 is 15.9 Å². The minimum atomic E-state index is -0.551. The first-order chi connectivity index (χ1) is 13.0. The number of halogens is 1. The van der Waals surface area contributed by atoms with Crippen molar-refractivity contribution >= 4 is 39.1 Å². The van der Waals surface area contributed by atoms with Gasteiger partial charge in [0.2, 0.25) is 0 Å². The third kappa shape index (κ3) is 3.58. The van der Waals surface area contributed by atoms with Crippen molar-refractivity contribution in [2.24, 2.45) is 5.41 Å². The summed E-state index contributed by atoms with van der Waals surface area (Å²) in [5.41, 5.74) is 5.65. The molecule has 1 spiro atoms. The van der Waals surface area contributed by atoms with Crippen LogP contribution in [-0.2, 0) is 4.74 Å². The SMILES string of the molecule is CC(C)(C)OC(=O)N1CC2(CCN(c3cc([N+](=O)[O-])c(N)c(Br)c3C#N)C2)C1. The van der Waals surface area contributed by atoms with Crippen LogP contribution < -0.4 is 10.6 Å². The highest BCUT2D eigenvalue weighted by atomic mass is 79.9. The van der Waals surface area contributed by atoms with Crippen molar-refractivity contribution in [3.8, 4) is 6.07 Å². The molecule has 9 nitrogen and oxygen atoms in total. The lowest BCUT2D eigenvalue weighted by Gasteiger charge is -2.47. The van der Waals surface area contributed by atoms with Gasteiger partial charge in [0, 0.05) is 37.7 Å². The van der Waals surface area contributed by atoms with Crippen LogP contribution in [0.3, 0.4) is 0 Å². The van der Waals surface area contributed by atoms with Gasteiger partial charge in [0.25, 0.3) is 5.69 Å². The maximum absolute atomic E-state index is 12.2. The number of anilines is 2. The molecule has 0 aromatic heterocycles. The largest absolute Gasteiger partial charge is 0.444 e. The monoisotopic (exact) mass is 451 g/mol. The van der Waals surface area contributed by atoms with E-state index in [1.54, 1.807) is 4.90 Å². The molecule has 2 saturated heterocycles. The third-order valence-corrected chi connectivity index (χ3v) is 5.88. The fourth-order valence-corrected chi connectivity index (χ4v) is 4.26. The molecule has 28 heavy (non-hydrogen) atoms. The van der Waals surface area contributed by atoms with Gasteiger partial charge in [-0.25, -0.2) is 4.79 Å². The highest BCUT2D eigenvalue weighted by Crippen LogP contribution is 2.45. The molecular weight excluding hydrogens is 430 g/mol. The first kappa shape index (κ1) is 20.2. The Morgan fingerprint density at radius 1 is 1.43 bits per heavy atom. The van der Waals surface area contributed by atoms with E-state index >= 15 is 0 Å². The van der Waals surface area contributed by atoms with Gasteiger partial charge in [0.1, 0.15) is 17.4 Å². The van der Waals surface area contributed by atoms with Crippen molar-refractivity contribution in [3.63, 3.8) is 0 Å². The Morgan fingerprint density at radius 3 is 2.61 bits per heavy atom. The fourth-order valence-electron chi connectivity index (χ4n) is 3.76. The molecule has 1 aromatic carbocycles. The van der Waals surface area contributed by atoms with Crippen molar-refractivity contribution in [3.05, 3.63) is 26.2 Å². The summed E-state index contributed by atoms with van der Waals surface area (Å²) in [6, 6.07) is 3.45. The van der Waals surface area contributed by atoms with Crippen LogP contribution in [0.5, 0.6) is 0 Å². The molecule has 2 heterocycles. The van der Waals surface area contributed by atoms with E-state index in [-0.39, 0.29) is 32.9 Å². The van der Waals surface area contributed by atoms with Crippen molar-refractivity contribution < 1.29 is 14.5 Å². The molecular formula is C18H22BrN5O4. The van der Waals surface area contributed by atoms with E-state index in [0.29, 0.717) is 31.9 Å². The number of nitro groups is 1. The molecule has 0 radical (unpaired) electrons. The van der Waals surface area contributed by atoms with Gasteiger partial charge in [-0.1, -0.05) is 0 Å². The summed E-state index contributed by atoms with van der Waals surface area (Å²) in [4.78, 5) is 26.6. The van der Waals surface area contributed by atoms with Crippen molar-refractivity contribution in [2.75, 3.05) is 36.8 Å². The Hall–Kier alpha value is -2.54. The summed E-state index contributed by atoms with van der Waals surface area (Å²) >= 11 is 3.23. The predicted molar refractivity (Wildman–Crippen MR) is 107 cm³/mol. The quantitative estimate of drug-likeness (QED) is 0.415. The molecule has 2 aliphatic rings. The van der Waals surface area contributed by atoms with Crippen LogP contribution in [0.4, 0.5) is 21.9 Å². The van der Waals surface area contributed by atoms with E-state index in [9.17, 15) is 20.2 Å². The number of rotatable bonds is 2. The van der Waals surface area contributed by atoms with Crippen LogP contribution in [0.25, 0.3) is 0 Å². The van der Waals surface area contributed by atoms with E-state index in [1.165, 1.54) is 6.07 Å². The first-order valence-corrected chi connectivity index (χ1v) is 9.65. The van der Waals surface area contributed by atoms with Gasteiger partial charge in [-0.2, -0.15) is 5.26 Å². The third-order valence-electron chi connectivity index (χ3n) is 5.05. The molecule has 2 N–H and O–H groups in total. The molecule has 150 valence electrons. The molecule has 0 atom stereocenters. The number of carbonyl (C=O) groups excluding carboxylic acids is 1. The number of nitrogen functional groups attached to an aromatic ring is 1. The van der Waals surface area contributed by atoms with Crippen LogP contribution in [0.2, 0.25) is 0 Å².